The first-order chi connectivity index (χ1) is 8.34. The van der Waals surface area contributed by atoms with E-state index in [2.05, 4.69) is 19.2 Å². The average molecular weight is 269 g/mol. The highest BCUT2D eigenvalue weighted by Gasteiger charge is 2.14. The van der Waals surface area contributed by atoms with E-state index in [1.54, 1.807) is 12.1 Å². The Morgan fingerprint density at radius 1 is 1.17 bits per heavy atom. The Morgan fingerprint density at radius 3 is 2.11 bits per heavy atom. The molecule has 1 aromatic rings. The SMILES string of the molecule is CNCC(Cc1ccc(S(C)(=O)=O)cc1)C(C)C. The van der Waals surface area contributed by atoms with Crippen molar-refractivity contribution >= 4 is 9.84 Å². The third-order valence-electron chi connectivity index (χ3n) is 3.26. The van der Waals surface area contributed by atoms with Gasteiger partial charge >= 0.3 is 0 Å². The zero-order valence-corrected chi connectivity index (χ0v) is 12.4. The van der Waals surface area contributed by atoms with Crippen LogP contribution in [0.2, 0.25) is 0 Å². The standard InChI is InChI=1S/C14H23NO2S/c1-11(2)13(10-15-3)9-12-5-7-14(8-6-12)18(4,16)17/h5-8,11,13,15H,9-10H2,1-4H3. The number of rotatable bonds is 6. The smallest absolute Gasteiger partial charge is 0.175 e. The lowest BCUT2D eigenvalue weighted by Gasteiger charge is -2.20. The quantitative estimate of drug-likeness (QED) is 0.860. The van der Waals surface area contributed by atoms with Gasteiger partial charge in [0.05, 0.1) is 4.90 Å². The van der Waals surface area contributed by atoms with Gasteiger partial charge in [-0.25, -0.2) is 8.42 Å². The maximum absolute atomic E-state index is 11.4. The van der Waals surface area contributed by atoms with Crippen LogP contribution in [0, 0.1) is 11.8 Å². The van der Waals surface area contributed by atoms with Crippen LogP contribution in [-0.2, 0) is 16.3 Å². The first-order valence-electron chi connectivity index (χ1n) is 6.28. The molecule has 0 saturated heterocycles. The van der Waals surface area contributed by atoms with Crippen LogP contribution in [0.25, 0.3) is 0 Å². The van der Waals surface area contributed by atoms with E-state index < -0.39 is 9.84 Å². The van der Waals surface area contributed by atoms with Crippen LogP contribution in [0.1, 0.15) is 19.4 Å². The van der Waals surface area contributed by atoms with Gasteiger partial charge in [-0.1, -0.05) is 26.0 Å². The van der Waals surface area contributed by atoms with Crippen molar-refractivity contribution in [2.24, 2.45) is 11.8 Å². The van der Waals surface area contributed by atoms with E-state index in [0.717, 1.165) is 13.0 Å². The second kappa shape index (κ2) is 6.34. The van der Waals surface area contributed by atoms with E-state index in [9.17, 15) is 8.42 Å². The van der Waals surface area contributed by atoms with Crippen molar-refractivity contribution in [2.75, 3.05) is 19.8 Å². The lowest BCUT2D eigenvalue weighted by atomic mass is 9.89. The van der Waals surface area contributed by atoms with Crippen molar-refractivity contribution in [3.63, 3.8) is 0 Å². The lowest BCUT2D eigenvalue weighted by molar-refractivity contribution is 0.370. The Hall–Kier alpha value is -0.870. The van der Waals surface area contributed by atoms with E-state index in [4.69, 9.17) is 0 Å². The summed E-state index contributed by atoms with van der Waals surface area (Å²) in [6.45, 7) is 5.41. The number of nitrogens with one attached hydrogen (secondary N) is 1. The molecule has 0 aliphatic carbocycles. The van der Waals surface area contributed by atoms with Crippen LogP contribution in [0.3, 0.4) is 0 Å². The van der Waals surface area contributed by atoms with Crippen LogP contribution in [-0.4, -0.2) is 28.3 Å². The van der Waals surface area contributed by atoms with Gasteiger partial charge in [-0.15, -0.1) is 0 Å². The zero-order valence-electron chi connectivity index (χ0n) is 11.6. The monoisotopic (exact) mass is 269 g/mol. The molecule has 0 amide bonds. The molecule has 1 atom stereocenters. The van der Waals surface area contributed by atoms with Crippen LogP contribution in [0.5, 0.6) is 0 Å². The summed E-state index contributed by atoms with van der Waals surface area (Å²) >= 11 is 0. The predicted molar refractivity (Wildman–Crippen MR) is 75.5 cm³/mol. The molecule has 18 heavy (non-hydrogen) atoms. The molecule has 1 aromatic carbocycles. The minimum Gasteiger partial charge on any atom is -0.319 e. The summed E-state index contributed by atoms with van der Waals surface area (Å²) in [5.41, 5.74) is 1.19. The second-order valence-electron chi connectivity index (χ2n) is 5.18. The molecule has 3 nitrogen and oxygen atoms in total. The van der Waals surface area contributed by atoms with Gasteiger partial charge in [0, 0.05) is 6.26 Å². The molecule has 0 spiro atoms. The van der Waals surface area contributed by atoms with E-state index in [-0.39, 0.29) is 0 Å². The molecule has 0 bridgehead atoms. The average Bonchev–Trinajstić information content (AvgIpc) is 2.28. The molecule has 0 aromatic heterocycles. The molecule has 1 N–H and O–H groups in total. The van der Waals surface area contributed by atoms with E-state index in [0.29, 0.717) is 16.7 Å². The van der Waals surface area contributed by atoms with Crippen LogP contribution in [0.4, 0.5) is 0 Å². The van der Waals surface area contributed by atoms with Crippen molar-refractivity contribution in [3.8, 4) is 0 Å². The van der Waals surface area contributed by atoms with Crippen LogP contribution in [0.15, 0.2) is 29.2 Å². The number of sulfone groups is 1. The fourth-order valence-electron chi connectivity index (χ4n) is 1.98. The van der Waals surface area contributed by atoms with E-state index >= 15 is 0 Å². The Morgan fingerprint density at radius 2 is 1.72 bits per heavy atom. The van der Waals surface area contributed by atoms with Gasteiger partial charge in [-0.3, -0.25) is 0 Å². The maximum Gasteiger partial charge on any atom is 0.175 e. The van der Waals surface area contributed by atoms with Gasteiger partial charge in [0.1, 0.15) is 0 Å². The highest BCUT2D eigenvalue weighted by molar-refractivity contribution is 7.90. The number of hydrogen-bond donors (Lipinski definition) is 1. The van der Waals surface area contributed by atoms with Crippen molar-refractivity contribution < 1.29 is 8.42 Å². The van der Waals surface area contributed by atoms with Gasteiger partial charge in [-0.05, 0) is 49.5 Å². The summed E-state index contributed by atoms with van der Waals surface area (Å²) in [7, 11) is -1.13. The summed E-state index contributed by atoms with van der Waals surface area (Å²) < 4.78 is 22.7. The predicted octanol–water partition coefficient (Wildman–Crippen LogP) is 2.12. The molecule has 0 aliphatic heterocycles. The van der Waals surface area contributed by atoms with Crippen molar-refractivity contribution in [3.05, 3.63) is 29.8 Å². The molecule has 4 heteroatoms. The van der Waals surface area contributed by atoms with E-state index in [1.165, 1.54) is 11.8 Å². The van der Waals surface area contributed by atoms with E-state index in [1.807, 2.05) is 19.2 Å². The molecule has 1 unspecified atom stereocenters. The summed E-state index contributed by atoms with van der Waals surface area (Å²) in [5, 5.41) is 3.21. The second-order valence-corrected chi connectivity index (χ2v) is 7.20. The van der Waals surface area contributed by atoms with Crippen molar-refractivity contribution in [1.82, 2.24) is 5.32 Å². The molecule has 0 radical (unpaired) electrons. The summed E-state index contributed by atoms with van der Waals surface area (Å²) in [6.07, 6.45) is 2.21. The normalized spacial score (nSPS) is 13.8. The Balaban J connectivity index is 2.79. The third kappa shape index (κ3) is 4.42. The topological polar surface area (TPSA) is 46.2 Å². The molecule has 0 heterocycles. The van der Waals surface area contributed by atoms with Crippen LogP contribution >= 0.6 is 0 Å². The van der Waals surface area contributed by atoms with Gasteiger partial charge in [0.2, 0.25) is 0 Å². The maximum atomic E-state index is 11.4. The number of hydrogen-bond acceptors (Lipinski definition) is 3. The first kappa shape index (κ1) is 15.2. The molecule has 1 rings (SSSR count). The first-order valence-corrected chi connectivity index (χ1v) is 8.17. The van der Waals surface area contributed by atoms with Gasteiger partial charge < -0.3 is 5.32 Å². The Kier molecular flexibility index (Phi) is 5.35. The van der Waals surface area contributed by atoms with Crippen molar-refractivity contribution in [2.45, 2.75) is 25.2 Å². The largest absolute Gasteiger partial charge is 0.319 e. The van der Waals surface area contributed by atoms with Gasteiger partial charge in [0.15, 0.2) is 9.84 Å². The minimum atomic E-state index is -3.09. The molecular formula is C14H23NO2S. The summed E-state index contributed by atoms with van der Waals surface area (Å²) in [6, 6.07) is 7.23. The molecule has 0 aliphatic rings. The van der Waals surface area contributed by atoms with Gasteiger partial charge in [-0.2, -0.15) is 0 Å². The Labute approximate surface area is 111 Å². The van der Waals surface area contributed by atoms with Crippen molar-refractivity contribution in [1.29, 1.82) is 0 Å². The highest BCUT2D eigenvalue weighted by atomic mass is 32.2. The summed E-state index contributed by atoms with van der Waals surface area (Å²) in [5.74, 6) is 1.17. The third-order valence-corrected chi connectivity index (χ3v) is 4.39. The minimum absolute atomic E-state index is 0.390. The fourth-order valence-corrected chi connectivity index (χ4v) is 2.61. The zero-order chi connectivity index (χ0) is 13.8. The molecule has 102 valence electrons. The molecular weight excluding hydrogens is 246 g/mol. The fraction of sp³-hybridized carbons (Fsp3) is 0.571. The molecule has 0 saturated carbocycles. The number of benzene rings is 1. The summed E-state index contributed by atoms with van der Waals surface area (Å²) in [4.78, 5) is 0.390. The molecule has 0 fully saturated rings. The Bertz CT molecular complexity index is 463. The highest BCUT2D eigenvalue weighted by Crippen LogP contribution is 2.18. The van der Waals surface area contributed by atoms with Gasteiger partial charge in [0.25, 0.3) is 0 Å². The lowest BCUT2D eigenvalue weighted by Crippen LogP contribution is -2.25. The van der Waals surface area contributed by atoms with Crippen LogP contribution < -0.4 is 5.32 Å².